The number of aryl methyl sites for hydroxylation is 1. The van der Waals surface area contributed by atoms with Crippen LogP contribution < -0.4 is 4.74 Å². The van der Waals surface area contributed by atoms with Gasteiger partial charge in [0.1, 0.15) is 17.4 Å². The van der Waals surface area contributed by atoms with Crippen LogP contribution >= 0.6 is 11.3 Å². The van der Waals surface area contributed by atoms with Crippen molar-refractivity contribution in [3.05, 3.63) is 35.3 Å². The van der Waals surface area contributed by atoms with E-state index in [2.05, 4.69) is 28.9 Å². The summed E-state index contributed by atoms with van der Waals surface area (Å²) in [5.74, 6) is 0.921. The standard InChI is InChI=1S/C17H22N2O2S/c1-2-16-13-18-17(22-16)14-3-5-15(6-4-14)21-12-9-19-7-10-20-11-8-19/h3-6,13H,2,7-12H2,1H3. The molecule has 4 nitrogen and oxygen atoms in total. The predicted octanol–water partition coefficient (Wildman–Crippen LogP) is 3.08. The topological polar surface area (TPSA) is 34.6 Å². The summed E-state index contributed by atoms with van der Waals surface area (Å²) in [7, 11) is 0. The molecule has 0 amide bonds. The number of rotatable bonds is 6. The first-order valence-electron chi connectivity index (χ1n) is 7.83. The van der Waals surface area contributed by atoms with Crippen molar-refractivity contribution in [3.63, 3.8) is 0 Å². The third kappa shape index (κ3) is 4.06. The summed E-state index contributed by atoms with van der Waals surface area (Å²) in [6, 6.07) is 8.23. The molecule has 0 atom stereocenters. The molecule has 5 heteroatoms. The summed E-state index contributed by atoms with van der Waals surface area (Å²) >= 11 is 1.76. The first-order chi connectivity index (χ1) is 10.8. The van der Waals surface area contributed by atoms with E-state index in [1.807, 2.05) is 18.3 Å². The molecule has 0 unspecified atom stereocenters. The normalized spacial score (nSPS) is 15.9. The Hall–Kier alpha value is -1.43. The molecule has 22 heavy (non-hydrogen) atoms. The largest absolute Gasteiger partial charge is 0.492 e. The van der Waals surface area contributed by atoms with Crippen LogP contribution in [0.1, 0.15) is 11.8 Å². The van der Waals surface area contributed by atoms with Gasteiger partial charge in [0, 0.05) is 36.3 Å². The molecule has 2 heterocycles. The summed E-state index contributed by atoms with van der Waals surface area (Å²) in [6.07, 6.45) is 3.01. The van der Waals surface area contributed by atoms with Gasteiger partial charge in [0.25, 0.3) is 0 Å². The highest BCUT2D eigenvalue weighted by atomic mass is 32.1. The monoisotopic (exact) mass is 318 g/mol. The molecule has 1 fully saturated rings. The molecule has 1 aliphatic heterocycles. The molecule has 0 spiro atoms. The van der Waals surface area contributed by atoms with E-state index in [0.29, 0.717) is 0 Å². The van der Waals surface area contributed by atoms with Gasteiger partial charge in [-0.15, -0.1) is 11.3 Å². The van der Waals surface area contributed by atoms with Crippen LogP contribution in [-0.2, 0) is 11.2 Å². The van der Waals surface area contributed by atoms with Crippen molar-refractivity contribution in [2.24, 2.45) is 0 Å². The Balaban J connectivity index is 1.50. The Labute approximate surface area is 135 Å². The zero-order valence-corrected chi connectivity index (χ0v) is 13.8. The molecular weight excluding hydrogens is 296 g/mol. The van der Waals surface area contributed by atoms with Gasteiger partial charge in [-0.25, -0.2) is 4.98 Å². The molecule has 0 bridgehead atoms. The van der Waals surface area contributed by atoms with Gasteiger partial charge in [0.05, 0.1) is 13.2 Å². The zero-order valence-electron chi connectivity index (χ0n) is 13.0. The molecule has 0 aliphatic carbocycles. The number of hydrogen-bond donors (Lipinski definition) is 0. The van der Waals surface area contributed by atoms with Gasteiger partial charge in [-0.05, 0) is 30.7 Å². The van der Waals surface area contributed by atoms with E-state index in [1.165, 1.54) is 4.88 Å². The quantitative estimate of drug-likeness (QED) is 0.820. The summed E-state index contributed by atoms with van der Waals surface area (Å²) in [5.41, 5.74) is 1.16. The first kappa shape index (κ1) is 15.5. The lowest BCUT2D eigenvalue weighted by Crippen LogP contribution is -2.38. The third-order valence-electron chi connectivity index (χ3n) is 3.78. The van der Waals surface area contributed by atoms with Gasteiger partial charge < -0.3 is 9.47 Å². The molecule has 1 aliphatic rings. The fourth-order valence-electron chi connectivity index (χ4n) is 2.42. The third-order valence-corrected chi connectivity index (χ3v) is 4.97. The predicted molar refractivity (Wildman–Crippen MR) is 89.7 cm³/mol. The summed E-state index contributed by atoms with van der Waals surface area (Å²) in [5, 5.41) is 1.08. The average Bonchev–Trinajstić information content (AvgIpc) is 3.06. The highest BCUT2D eigenvalue weighted by Crippen LogP contribution is 2.27. The number of benzene rings is 1. The van der Waals surface area contributed by atoms with Crippen LogP contribution in [0.25, 0.3) is 10.6 Å². The lowest BCUT2D eigenvalue weighted by Gasteiger charge is -2.26. The number of ether oxygens (including phenoxy) is 2. The van der Waals surface area contributed by atoms with Crippen molar-refractivity contribution in [1.82, 2.24) is 9.88 Å². The van der Waals surface area contributed by atoms with E-state index < -0.39 is 0 Å². The van der Waals surface area contributed by atoms with E-state index in [4.69, 9.17) is 9.47 Å². The van der Waals surface area contributed by atoms with Crippen molar-refractivity contribution in [2.45, 2.75) is 13.3 Å². The number of nitrogens with zero attached hydrogens (tertiary/aromatic N) is 2. The van der Waals surface area contributed by atoms with E-state index in [0.717, 1.165) is 62.2 Å². The number of morpholine rings is 1. The number of thiazole rings is 1. The van der Waals surface area contributed by atoms with Gasteiger partial charge in [-0.2, -0.15) is 0 Å². The van der Waals surface area contributed by atoms with Gasteiger partial charge in [0.15, 0.2) is 0 Å². The number of aromatic nitrogens is 1. The van der Waals surface area contributed by atoms with E-state index in [1.54, 1.807) is 11.3 Å². The van der Waals surface area contributed by atoms with Crippen LogP contribution in [0.3, 0.4) is 0 Å². The Morgan fingerprint density at radius 1 is 1.23 bits per heavy atom. The van der Waals surface area contributed by atoms with Gasteiger partial charge >= 0.3 is 0 Å². The Kier molecular flexibility index (Phi) is 5.43. The zero-order chi connectivity index (χ0) is 15.2. The smallest absolute Gasteiger partial charge is 0.123 e. The van der Waals surface area contributed by atoms with Crippen LogP contribution in [0.15, 0.2) is 30.5 Å². The summed E-state index contributed by atoms with van der Waals surface area (Å²) in [6.45, 7) is 7.51. The maximum absolute atomic E-state index is 5.83. The Bertz CT molecular complexity index is 577. The molecule has 1 aromatic heterocycles. The van der Waals surface area contributed by atoms with Crippen molar-refractivity contribution < 1.29 is 9.47 Å². The van der Waals surface area contributed by atoms with Crippen LogP contribution in [0.5, 0.6) is 5.75 Å². The minimum Gasteiger partial charge on any atom is -0.492 e. The van der Waals surface area contributed by atoms with Crippen molar-refractivity contribution >= 4 is 11.3 Å². The lowest BCUT2D eigenvalue weighted by molar-refractivity contribution is 0.0322. The molecule has 1 saturated heterocycles. The van der Waals surface area contributed by atoms with Crippen molar-refractivity contribution in [3.8, 4) is 16.3 Å². The molecule has 118 valence electrons. The fraction of sp³-hybridized carbons (Fsp3) is 0.471. The maximum atomic E-state index is 5.83. The molecular formula is C17H22N2O2S. The molecule has 0 radical (unpaired) electrons. The van der Waals surface area contributed by atoms with E-state index in [-0.39, 0.29) is 0 Å². The van der Waals surface area contributed by atoms with Gasteiger partial charge in [-0.1, -0.05) is 6.92 Å². The first-order valence-corrected chi connectivity index (χ1v) is 8.65. The second-order valence-corrected chi connectivity index (χ2v) is 6.43. The van der Waals surface area contributed by atoms with Crippen LogP contribution in [-0.4, -0.2) is 49.3 Å². The van der Waals surface area contributed by atoms with Crippen molar-refractivity contribution in [1.29, 1.82) is 0 Å². The maximum Gasteiger partial charge on any atom is 0.123 e. The molecule has 1 aromatic carbocycles. The highest BCUT2D eigenvalue weighted by molar-refractivity contribution is 7.15. The van der Waals surface area contributed by atoms with Crippen molar-refractivity contribution in [2.75, 3.05) is 39.5 Å². The molecule has 0 N–H and O–H groups in total. The van der Waals surface area contributed by atoms with Crippen LogP contribution in [0.4, 0.5) is 0 Å². The lowest BCUT2D eigenvalue weighted by atomic mass is 10.2. The Morgan fingerprint density at radius 3 is 2.68 bits per heavy atom. The molecule has 3 rings (SSSR count). The second kappa shape index (κ2) is 7.72. The minimum atomic E-state index is 0.719. The van der Waals surface area contributed by atoms with Gasteiger partial charge in [-0.3, -0.25) is 4.90 Å². The fourth-order valence-corrected chi connectivity index (χ4v) is 3.27. The SMILES string of the molecule is CCc1cnc(-c2ccc(OCCN3CCOCC3)cc2)s1. The second-order valence-electron chi connectivity index (χ2n) is 5.31. The Morgan fingerprint density at radius 2 is 2.00 bits per heavy atom. The number of hydrogen-bond acceptors (Lipinski definition) is 5. The van der Waals surface area contributed by atoms with Gasteiger partial charge in [0.2, 0.25) is 0 Å². The highest BCUT2D eigenvalue weighted by Gasteiger charge is 2.10. The minimum absolute atomic E-state index is 0.719. The summed E-state index contributed by atoms with van der Waals surface area (Å²) in [4.78, 5) is 8.16. The van der Waals surface area contributed by atoms with E-state index >= 15 is 0 Å². The van der Waals surface area contributed by atoms with E-state index in [9.17, 15) is 0 Å². The van der Waals surface area contributed by atoms with Crippen LogP contribution in [0, 0.1) is 0 Å². The average molecular weight is 318 g/mol. The molecule has 0 saturated carbocycles. The summed E-state index contributed by atoms with van der Waals surface area (Å²) < 4.78 is 11.2. The van der Waals surface area contributed by atoms with Crippen LogP contribution in [0.2, 0.25) is 0 Å². The molecule has 2 aromatic rings.